The van der Waals surface area contributed by atoms with Gasteiger partial charge in [-0.25, -0.2) is 0 Å². The molecular formula is C16H19N3S2. The molecule has 1 atom stereocenters. The molecule has 1 aromatic carbocycles. The molecule has 0 aliphatic rings. The van der Waals surface area contributed by atoms with Crippen molar-refractivity contribution in [3.8, 4) is 9.88 Å². The molecule has 0 amide bonds. The average molecular weight is 317 g/mol. The standard InChI is InChI=1S/C16H19N3S2/c1-3-9-17-12(4-2)15-18-19-16(21-15)14-10-11-7-5-6-8-13(11)20-14/h5-8,10,12,17H,3-4,9H2,1-2H3. The molecule has 5 heteroatoms. The van der Waals surface area contributed by atoms with E-state index in [4.69, 9.17) is 0 Å². The van der Waals surface area contributed by atoms with Crippen molar-refractivity contribution in [2.75, 3.05) is 6.54 Å². The zero-order valence-corrected chi connectivity index (χ0v) is 13.9. The molecule has 1 N–H and O–H groups in total. The van der Waals surface area contributed by atoms with Gasteiger partial charge in [-0.05, 0) is 36.9 Å². The highest BCUT2D eigenvalue weighted by molar-refractivity contribution is 7.25. The number of nitrogens with zero attached hydrogens (tertiary/aromatic N) is 2. The van der Waals surface area contributed by atoms with Gasteiger partial charge in [0.15, 0.2) is 5.01 Å². The van der Waals surface area contributed by atoms with Gasteiger partial charge >= 0.3 is 0 Å². The van der Waals surface area contributed by atoms with E-state index < -0.39 is 0 Å². The first-order valence-corrected chi connectivity index (χ1v) is 9.00. The molecule has 0 bridgehead atoms. The van der Waals surface area contributed by atoms with E-state index in [1.807, 2.05) is 0 Å². The minimum atomic E-state index is 0.325. The van der Waals surface area contributed by atoms with E-state index in [9.17, 15) is 0 Å². The number of nitrogens with one attached hydrogen (secondary N) is 1. The summed E-state index contributed by atoms with van der Waals surface area (Å²) in [6.45, 7) is 5.40. The first-order valence-electron chi connectivity index (χ1n) is 7.37. The molecule has 3 rings (SSSR count). The molecule has 21 heavy (non-hydrogen) atoms. The lowest BCUT2D eigenvalue weighted by Gasteiger charge is -2.12. The Morgan fingerprint density at radius 2 is 2.00 bits per heavy atom. The van der Waals surface area contributed by atoms with Crippen LogP contribution in [0.15, 0.2) is 30.3 Å². The third-order valence-corrected chi connectivity index (χ3v) is 5.75. The Morgan fingerprint density at radius 1 is 1.14 bits per heavy atom. The van der Waals surface area contributed by atoms with Gasteiger partial charge in [0.25, 0.3) is 0 Å². The summed E-state index contributed by atoms with van der Waals surface area (Å²) in [6, 6.07) is 11.0. The van der Waals surface area contributed by atoms with Crippen LogP contribution in [-0.2, 0) is 0 Å². The fraction of sp³-hybridized carbons (Fsp3) is 0.375. The Labute approximate surface area is 133 Å². The maximum absolute atomic E-state index is 4.40. The molecule has 2 aromatic heterocycles. The summed E-state index contributed by atoms with van der Waals surface area (Å²) in [5.41, 5.74) is 0. The monoisotopic (exact) mass is 317 g/mol. The zero-order valence-electron chi connectivity index (χ0n) is 12.3. The number of thiophene rings is 1. The highest BCUT2D eigenvalue weighted by Crippen LogP contribution is 2.36. The second-order valence-corrected chi connectivity index (χ2v) is 7.10. The van der Waals surface area contributed by atoms with Crippen molar-refractivity contribution in [2.24, 2.45) is 0 Å². The molecule has 1 unspecified atom stereocenters. The van der Waals surface area contributed by atoms with Crippen LogP contribution in [0.5, 0.6) is 0 Å². The smallest absolute Gasteiger partial charge is 0.157 e. The second kappa shape index (κ2) is 6.64. The Bertz CT molecular complexity index is 684. The topological polar surface area (TPSA) is 37.8 Å². The van der Waals surface area contributed by atoms with Gasteiger partial charge in [0.1, 0.15) is 5.01 Å². The Morgan fingerprint density at radius 3 is 2.76 bits per heavy atom. The fourth-order valence-corrected chi connectivity index (χ4v) is 4.39. The summed E-state index contributed by atoms with van der Waals surface area (Å²) in [4.78, 5) is 1.21. The number of hydrogen-bond donors (Lipinski definition) is 1. The van der Waals surface area contributed by atoms with Crippen molar-refractivity contribution in [1.29, 1.82) is 0 Å². The van der Waals surface area contributed by atoms with E-state index >= 15 is 0 Å². The predicted molar refractivity (Wildman–Crippen MR) is 92.1 cm³/mol. The molecular weight excluding hydrogens is 298 g/mol. The highest BCUT2D eigenvalue weighted by Gasteiger charge is 2.16. The molecule has 3 nitrogen and oxygen atoms in total. The number of hydrogen-bond acceptors (Lipinski definition) is 5. The summed E-state index contributed by atoms with van der Waals surface area (Å²) < 4.78 is 1.31. The number of fused-ring (bicyclic) bond motifs is 1. The molecule has 0 fully saturated rings. The van der Waals surface area contributed by atoms with Gasteiger partial charge in [0.2, 0.25) is 0 Å². The van der Waals surface area contributed by atoms with Crippen LogP contribution in [0.2, 0.25) is 0 Å². The Kier molecular flexibility index (Phi) is 4.63. The molecule has 110 valence electrons. The largest absolute Gasteiger partial charge is 0.308 e. The minimum Gasteiger partial charge on any atom is -0.308 e. The lowest BCUT2D eigenvalue weighted by molar-refractivity contribution is 0.513. The van der Waals surface area contributed by atoms with E-state index in [1.54, 1.807) is 22.7 Å². The predicted octanol–water partition coefficient (Wildman–Crippen LogP) is 4.87. The van der Waals surface area contributed by atoms with E-state index in [2.05, 4.69) is 59.7 Å². The van der Waals surface area contributed by atoms with Gasteiger partial charge in [-0.15, -0.1) is 21.5 Å². The fourth-order valence-electron chi connectivity index (χ4n) is 2.29. The third kappa shape index (κ3) is 3.15. The summed E-state index contributed by atoms with van der Waals surface area (Å²) in [6.07, 6.45) is 2.18. The van der Waals surface area contributed by atoms with Gasteiger partial charge < -0.3 is 5.32 Å². The van der Waals surface area contributed by atoms with Gasteiger partial charge in [-0.1, -0.05) is 43.4 Å². The number of benzene rings is 1. The van der Waals surface area contributed by atoms with Crippen molar-refractivity contribution in [2.45, 2.75) is 32.7 Å². The Hall–Kier alpha value is -1.30. The molecule has 0 aliphatic carbocycles. The van der Waals surface area contributed by atoms with Crippen LogP contribution in [0.1, 0.15) is 37.7 Å². The highest BCUT2D eigenvalue weighted by atomic mass is 32.1. The maximum atomic E-state index is 4.40. The third-order valence-electron chi connectivity index (χ3n) is 3.42. The molecule has 3 aromatic rings. The van der Waals surface area contributed by atoms with E-state index in [0.717, 1.165) is 29.4 Å². The molecule has 0 saturated carbocycles. The molecule has 0 spiro atoms. The minimum absolute atomic E-state index is 0.325. The first-order chi connectivity index (χ1) is 10.3. The van der Waals surface area contributed by atoms with Crippen molar-refractivity contribution >= 4 is 32.8 Å². The molecule has 0 aliphatic heterocycles. The quantitative estimate of drug-likeness (QED) is 0.705. The Balaban J connectivity index is 1.86. The number of aromatic nitrogens is 2. The van der Waals surface area contributed by atoms with Crippen LogP contribution in [-0.4, -0.2) is 16.7 Å². The van der Waals surface area contributed by atoms with Crippen molar-refractivity contribution in [3.05, 3.63) is 35.3 Å². The maximum Gasteiger partial charge on any atom is 0.157 e. The van der Waals surface area contributed by atoms with E-state index in [1.165, 1.54) is 15.0 Å². The van der Waals surface area contributed by atoms with Crippen molar-refractivity contribution in [3.63, 3.8) is 0 Å². The van der Waals surface area contributed by atoms with Gasteiger partial charge in [-0.2, -0.15) is 0 Å². The summed E-state index contributed by atoms with van der Waals surface area (Å²) in [5.74, 6) is 0. The van der Waals surface area contributed by atoms with Crippen LogP contribution >= 0.6 is 22.7 Å². The SMILES string of the molecule is CCCNC(CC)c1nnc(-c2cc3ccccc3s2)s1. The van der Waals surface area contributed by atoms with Crippen LogP contribution in [0.3, 0.4) is 0 Å². The van der Waals surface area contributed by atoms with Gasteiger partial charge in [0.05, 0.1) is 10.9 Å². The molecule has 0 saturated heterocycles. The summed E-state index contributed by atoms with van der Waals surface area (Å²) >= 11 is 3.50. The van der Waals surface area contributed by atoms with Crippen LogP contribution in [0, 0.1) is 0 Å². The summed E-state index contributed by atoms with van der Waals surface area (Å²) in [5, 5.41) is 15.7. The first kappa shape index (κ1) is 14.6. The van der Waals surface area contributed by atoms with Crippen LogP contribution in [0.25, 0.3) is 20.0 Å². The lowest BCUT2D eigenvalue weighted by Crippen LogP contribution is -2.21. The number of rotatable bonds is 6. The van der Waals surface area contributed by atoms with E-state index in [-0.39, 0.29) is 0 Å². The van der Waals surface area contributed by atoms with Crippen LogP contribution < -0.4 is 5.32 Å². The van der Waals surface area contributed by atoms with E-state index in [0.29, 0.717) is 6.04 Å². The molecule has 2 heterocycles. The van der Waals surface area contributed by atoms with Gasteiger partial charge in [0, 0.05) is 4.70 Å². The van der Waals surface area contributed by atoms with Crippen molar-refractivity contribution in [1.82, 2.24) is 15.5 Å². The second-order valence-electron chi connectivity index (χ2n) is 5.01. The molecule has 0 radical (unpaired) electrons. The lowest BCUT2D eigenvalue weighted by atomic mass is 10.2. The van der Waals surface area contributed by atoms with Gasteiger partial charge in [-0.3, -0.25) is 0 Å². The summed E-state index contributed by atoms with van der Waals surface area (Å²) in [7, 11) is 0. The normalized spacial score (nSPS) is 12.9. The zero-order chi connectivity index (χ0) is 14.7. The van der Waals surface area contributed by atoms with Crippen LogP contribution in [0.4, 0.5) is 0 Å². The van der Waals surface area contributed by atoms with Crippen molar-refractivity contribution < 1.29 is 0 Å². The average Bonchev–Trinajstić information content (AvgIpc) is 3.14.